The highest BCUT2D eigenvalue weighted by molar-refractivity contribution is 6.72. The van der Waals surface area contributed by atoms with Gasteiger partial charge in [0.1, 0.15) is 0 Å². The van der Waals surface area contributed by atoms with Gasteiger partial charge in [0.25, 0.3) is 0 Å². The van der Waals surface area contributed by atoms with Crippen LogP contribution < -0.4 is 0 Å². The molecule has 0 aromatic carbocycles. The molecule has 1 atom stereocenters. The molecular weight excluding hydrogens is 196 g/mol. The summed E-state index contributed by atoms with van der Waals surface area (Å²) in [6.07, 6.45) is 9.90. The Morgan fingerprint density at radius 3 is 2.33 bits per heavy atom. The highest BCUT2D eigenvalue weighted by Gasteiger charge is 2.27. The van der Waals surface area contributed by atoms with Crippen molar-refractivity contribution in [2.24, 2.45) is 5.41 Å². The van der Waals surface area contributed by atoms with E-state index in [4.69, 9.17) is 0 Å². The lowest BCUT2D eigenvalue weighted by molar-refractivity contribution is 0.498. The molecule has 15 heavy (non-hydrogen) atoms. The summed E-state index contributed by atoms with van der Waals surface area (Å²) in [7, 11) is -0.663. The molecule has 0 nitrogen and oxygen atoms in total. The molecule has 0 bridgehead atoms. The maximum absolute atomic E-state index is 2.66. The molecule has 0 spiro atoms. The van der Waals surface area contributed by atoms with Gasteiger partial charge >= 0.3 is 0 Å². The summed E-state index contributed by atoms with van der Waals surface area (Å²) in [4.78, 5) is 0. The normalized spacial score (nSPS) is 28.2. The summed E-state index contributed by atoms with van der Waals surface area (Å²) in [6, 6.07) is 0. The van der Waals surface area contributed by atoms with Gasteiger partial charge < -0.3 is 0 Å². The summed E-state index contributed by atoms with van der Waals surface area (Å²) < 4.78 is 0. The Morgan fingerprint density at radius 1 is 1.13 bits per heavy atom. The maximum Gasteiger partial charge on any atom is 0.0886 e. The molecule has 1 aliphatic carbocycles. The van der Waals surface area contributed by atoms with Crippen LogP contribution in [0.1, 0.15) is 52.9 Å². The lowest BCUT2D eigenvalue weighted by Crippen LogP contribution is -2.18. The standard InChI is InChI=1S/C14H24Si/c1-14(2,3)12-9-10-15(11-12)13-7-5-4-6-8-13/h9-11,13,15H,4-8H2,1-3H3. The van der Waals surface area contributed by atoms with E-state index in [0.29, 0.717) is 5.41 Å². The van der Waals surface area contributed by atoms with E-state index in [1.165, 1.54) is 32.1 Å². The minimum absolute atomic E-state index is 0.368. The predicted octanol–water partition coefficient (Wildman–Crippen LogP) is 4.17. The molecule has 2 aliphatic rings. The lowest BCUT2D eigenvalue weighted by atomic mass is 9.88. The molecule has 1 aliphatic heterocycles. The van der Waals surface area contributed by atoms with Crippen LogP contribution >= 0.6 is 0 Å². The molecule has 1 unspecified atom stereocenters. The van der Waals surface area contributed by atoms with Gasteiger partial charge in [0.15, 0.2) is 0 Å². The van der Waals surface area contributed by atoms with Crippen LogP contribution in [0.25, 0.3) is 0 Å². The largest absolute Gasteiger partial charge is 0.0929 e. The Labute approximate surface area is 96.1 Å². The van der Waals surface area contributed by atoms with E-state index in [-0.39, 0.29) is 0 Å². The average Bonchev–Trinajstić information content (AvgIpc) is 2.67. The number of allylic oxidation sites excluding steroid dienone is 2. The SMILES string of the molecule is CC(C)(C)C1=C[SiH](C2CCCCC2)C=C1. The fraction of sp³-hybridized carbons (Fsp3) is 0.714. The van der Waals surface area contributed by atoms with Gasteiger partial charge in [-0.15, -0.1) is 0 Å². The molecular formula is C14H24Si. The van der Waals surface area contributed by atoms with Crippen molar-refractivity contribution in [1.29, 1.82) is 0 Å². The molecule has 1 heteroatoms. The van der Waals surface area contributed by atoms with Crippen molar-refractivity contribution in [3.8, 4) is 0 Å². The second kappa shape index (κ2) is 4.29. The first-order valence-electron chi connectivity index (χ1n) is 6.48. The minimum Gasteiger partial charge on any atom is -0.0929 e. The van der Waals surface area contributed by atoms with E-state index < -0.39 is 8.80 Å². The Balaban J connectivity index is 2.02. The first kappa shape index (κ1) is 11.2. The van der Waals surface area contributed by atoms with Crippen LogP contribution in [-0.2, 0) is 0 Å². The van der Waals surface area contributed by atoms with Crippen molar-refractivity contribution >= 4 is 8.80 Å². The zero-order chi connectivity index (χ0) is 10.9. The highest BCUT2D eigenvalue weighted by Crippen LogP contribution is 2.37. The number of rotatable bonds is 1. The van der Waals surface area contributed by atoms with Gasteiger partial charge in [-0.05, 0) is 11.0 Å². The molecule has 2 rings (SSSR count). The molecule has 0 aromatic heterocycles. The second-order valence-corrected chi connectivity index (χ2v) is 9.02. The zero-order valence-electron chi connectivity index (χ0n) is 10.4. The van der Waals surface area contributed by atoms with Gasteiger partial charge in [-0.3, -0.25) is 0 Å². The molecule has 1 heterocycles. The van der Waals surface area contributed by atoms with Crippen LogP contribution in [0.5, 0.6) is 0 Å². The maximum atomic E-state index is 2.66. The monoisotopic (exact) mass is 220 g/mol. The second-order valence-electron chi connectivity index (χ2n) is 6.21. The van der Waals surface area contributed by atoms with Crippen LogP contribution in [0, 0.1) is 5.41 Å². The number of hydrogen-bond donors (Lipinski definition) is 0. The van der Waals surface area contributed by atoms with Crippen molar-refractivity contribution < 1.29 is 0 Å². The molecule has 1 fully saturated rings. The Hall–Kier alpha value is -0.303. The molecule has 0 amide bonds. The van der Waals surface area contributed by atoms with Crippen molar-refractivity contribution in [3.05, 3.63) is 23.0 Å². The van der Waals surface area contributed by atoms with Gasteiger partial charge in [0, 0.05) is 0 Å². The third-order valence-electron chi connectivity index (χ3n) is 3.93. The van der Waals surface area contributed by atoms with Crippen molar-refractivity contribution in [2.75, 3.05) is 0 Å². The third kappa shape index (κ3) is 2.63. The van der Waals surface area contributed by atoms with Gasteiger partial charge in [-0.2, -0.15) is 0 Å². The molecule has 0 radical (unpaired) electrons. The van der Waals surface area contributed by atoms with E-state index in [2.05, 4.69) is 38.2 Å². The Bertz CT molecular complexity index is 274. The van der Waals surface area contributed by atoms with Crippen molar-refractivity contribution in [1.82, 2.24) is 0 Å². The Morgan fingerprint density at radius 2 is 1.80 bits per heavy atom. The van der Waals surface area contributed by atoms with Gasteiger partial charge in [0.05, 0.1) is 8.80 Å². The summed E-state index contributed by atoms with van der Waals surface area (Å²) >= 11 is 0. The van der Waals surface area contributed by atoms with Gasteiger partial charge in [-0.1, -0.05) is 75.9 Å². The molecule has 84 valence electrons. The topological polar surface area (TPSA) is 0 Å². The van der Waals surface area contributed by atoms with E-state index in [0.717, 1.165) is 5.54 Å². The molecule has 0 aromatic rings. The van der Waals surface area contributed by atoms with E-state index in [1.807, 2.05) is 0 Å². The summed E-state index contributed by atoms with van der Waals surface area (Å²) in [5.41, 5.74) is 8.29. The van der Waals surface area contributed by atoms with E-state index in [9.17, 15) is 0 Å². The van der Waals surface area contributed by atoms with Crippen LogP contribution in [0.2, 0.25) is 5.54 Å². The van der Waals surface area contributed by atoms with Crippen LogP contribution in [0.4, 0.5) is 0 Å². The summed E-state index contributed by atoms with van der Waals surface area (Å²) in [6.45, 7) is 7.00. The molecule has 1 saturated carbocycles. The number of hydrogen-bond acceptors (Lipinski definition) is 0. The fourth-order valence-corrected chi connectivity index (χ4v) is 6.24. The van der Waals surface area contributed by atoms with Gasteiger partial charge in [0.2, 0.25) is 0 Å². The Kier molecular flexibility index (Phi) is 3.20. The summed E-state index contributed by atoms with van der Waals surface area (Å²) in [5.74, 6) is 0. The zero-order valence-corrected chi connectivity index (χ0v) is 11.6. The smallest absolute Gasteiger partial charge is 0.0886 e. The first-order chi connectivity index (χ1) is 7.07. The third-order valence-corrected chi connectivity index (χ3v) is 7.07. The average molecular weight is 220 g/mol. The minimum atomic E-state index is -0.663. The van der Waals surface area contributed by atoms with Crippen LogP contribution in [0.15, 0.2) is 23.0 Å². The van der Waals surface area contributed by atoms with Crippen LogP contribution in [0.3, 0.4) is 0 Å². The first-order valence-corrected chi connectivity index (χ1v) is 8.48. The van der Waals surface area contributed by atoms with Crippen molar-refractivity contribution in [2.45, 2.75) is 58.4 Å². The van der Waals surface area contributed by atoms with Gasteiger partial charge in [-0.25, -0.2) is 0 Å². The lowest BCUT2D eigenvalue weighted by Gasteiger charge is -2.25. The van der Waals surface area contributed by atoms with E-state index in [1.54, 1.807) is 5.57 Å². The summed E-state index contributed by atoms with van der Waals surface area (Å²) in [5, 5.41) is 0. The predicted molar refractivity (Wildman–Crippen MR) is 70.7 cm³/mol. The quantitative estimate of drug-likeness (QED) is 0.582. The molecule has 0 N–H and O–H groups in total. The van der Waals surface area contributed by atoms with Crippen molar-refractivity contribution in [3.63, 3.8) is 0 Å². The van der Waals surface area contributed by atoms with E-state index >= 15 is 0 Å². The van der Waals surface area contributed by atoms with Crippen LogP contribution in [-0.4, -0.2) is 8.80 Å². The highest BCUT2D eigenvalue weighted by atomic mass is 28.3. The molecule has 0 saturated heterocycles. The fourth-order valence-electron chi connectivity index (χ4n) is 2.85.